The Morgan fingerprint density at radius 3 is 1.11 bits per heavy atom. The molecule has 0 saturated heterocycles. The molecule has 0 N–H and O–H groups in total. The van der Waals surface area contributed by atoms with E-state index in [1.165, 1.54) is 0 Å². The third kappa shape index (κ3) is 6.19. The SMILES string of the molecule is CC(C)CN(CC(C)C)N(C(C)(C)C)C(C)(C)C. The zero-order valence-electron chi connectivity index (χ0n) is 14.5. The molecule has 0 heterocycles. The molecule has 0 aromatic heterocycles. The first-order valence-corrected chi connectivity index (χ1v) is 7.41. The zero-order chi connectivity index (χ0) is 14.7. The molecule has 0 saturated carbocycles. The topological polar surface area (TPSA) is 6.48 Å². The minimum absolute atomic E-state index is 0.155. The second-order valence-corrected chi connectivity index (χ2v) is 8.31. The van der Waals surface area contributed by atoms with Crippen LogP contribution in [-0.4, -0.2) is 34.2 Å². The second-order valence-electron chi connectivity index (χ2n) is 8.31. The molecule has 0 amide bonds. The van der Waals surface area contributed by atoms with Crippen LogP contribution in [0, 0.1) is 11.8 Å². The maximum absolute atomic E-state index is 2.57. The number of rotatable bonds is 5. The van der Waals surface area contributed by atoms with E-state index in [9.17, 15) is 0 Å². The van der Waals surface area contributed by atoms with E-state index in [2.05, 4.69) is 79.3 Å². The van der Waals surface area contributed by atoms with Crippen LogP contribution in [0.3, 0.4) is 0 Å². The van der Waals surface area contributed by atoms with Crippen molar-refractivity contribution in [2.45, 2.75) is 80.3 Å². The molecule has 0 aromatic carbocycles. The Kier molecular flexibility index (Phi) is 6.35. The molecule has 18 heavy (non-hydrogen) atoms. The van der Waals surface area contributed by atoms with E-state index >= 15 is 0 Å². The van der Waals surface area contributed by atoms with Gasteiger partial charge in [0.15, 0.2) is 0 Å². The van der Waals surface area contributed by atoms with E-state index in [-0.39, 0.29) is 11.1 Å². The molecule has 0 fully saturated rings. The molecular weight excluding hydrogens is 220 g/mol. The highest BCUT2D eigenvalue weighted by molar-refractivity contribution is 4.86. The summed E-state index contributed by atoms with van der Waals surface area (Å²) in [6.45, 7) is 25.3. The third-order valence-electron chi connectivity index (χ3n) is 2.71. The van der Waals surface area contributed by atoms with E-state index in [0.29, 0.717) is 11.8 Å². The quantitative estimate of drug-likeness (QED) is 0.672. The Labute approximate surface area is 116 Å². The van der Waals surface area contributed by atoms with Crippen LogP contribution in [0.5, 0.6) is 0 Å². The number of hydrogen-bond donors (Lipinski definition) is 0. The van der Waals surface area contributed by atoms with Crippen molar-refractivity contribution in [1.82, 2.24) is 10.0 Å². The van der Waals surface area contributed by atoms with Crippen LogP contribution in [0.4, 0.5) is 0 Å². The van der Waals surface area contributed by atoms with Crippen LogP contribution in [-0.2, 0) is 0 Å². The van der Waals surface area contributed by atoms with Crippen molar-refractivity contribution in [3.05, 3.63) is 0 Å². The third-order valence-corrected chi connectivity index (χ3v) is 2.71. The first kappa shape index (κ1) is 17.9. The summed E-state index contributed by atoms with van der Waals surface area (Å²) in [5.41, 5.74) is 0.310. The highest BCUT2D eigenvalue weighted by Crippen LogP contribution is 2.28. The lowest BCUT2D eigenvalue weighted by atomic mass is 9.98. The standard InChI is InChI=1S/C16H36N2/c1-13(2)11-17(12-14(3)4)18(15(5,6)7)16(8,9)10/h13-14H,11-12H2,1-10H3. The first-order chi connectivity index (χ1) is 7.85. The Balaban J connectivity index is 5.21. The summed E-state index contributed by atoms with van der Waals surface area (Å²) in [5, 5.41) is 5.13. The first-order valence-electron chi connectivity index (χ1n) is 7.41. The van der Waals surface area contributed by atoms with Crippen molar-refractivity contribution in [3.8, 4) is 0 Å². The Bertz CT molecular complexity index is 206. The summed E-state index contributed by atoms with van der Waals surface area (Å²) < 4.78 is 0. The number of nitrogens with zero attached hydrogens (tertiary/aromatic N) is 2. The van der Waals surface area contributed by atoms with E-state index < -0.39 is 0 Å². The van der Waals surface area contributed by atoms with Crippen LogP contribution in [0.15, 0.2) is 0 Å². The monoisotopic (exact) mass is 256 g/mol. The number of hydrogen-bond acceptors (Lipinski definition) is 2. The molecule has 0 rings (SSSR count). The average molecular weight is 256 g/mol. The smallest absolute Gasteiger partial charge is 0.0278 e. The van der Waals surface area contributed by atoms with Gasteiger partial charge in [0.2, 0.25) is 0 Å². The van der Waals surface area contributed by atoms with Crippen LogP contribution in [0.2, 0.25) is 0 Å². The van der Waals surface area contributed by atoms with Gasteiger partial charge in [-0.2, -0.15) is 0 Å². The summed E-state index contributed by atoms with van der Waals surface area (Å²) in [5.74, 6) is 1.38. The van der Waals surface area contributed by atoms with Gasteiger partial charge in [0.1, 0.15) is 0 Å². The highest BCUT2D eigenvalue weighted by atomic mass is 15.7. The average Bonchev–Trinajstić information content (AvgIpc) is 1.93. The maximum Gasteiger partial charge on any atom is 0.0278 e. The van der Waals surface area contributed by atoms with E-state index in [0.717, 1.165) is 13.1 Å². The van der Waals surface area contributed by atoms with E-state index in [1.54, 1.807) is 0 Å². The van der Waals surface area contributed by atoms with Gasteiger partial charge in [0.05, 0.1) is 0 Å². The predicted octanol–water partition coefficient (Wildman–Crippen LogP) is 4.41. The second kappa shape index (κ2) is 6.38. The van der Waals surface area contributed by atoms with E-state index in [1.807, 2.05) is 0 Å². The maximum atomic E-state index is 2.57. The van der Waals surface area contributed by atoms with Gasteiger partial charge in [-0.25, -0.2) is 10.0 Å². The van der Waals surface area contributed by atoms with Gasteiger partial charge in [0, 0.05) is 24.2 Å². The van der Waals surface area contributed by atoms with Gasteiger partial charge < -0.3 is 0 Å². The lowest BCUT2D eigenvalue weighted by Crippen LogP contribution is -2.62. The molecule has 0 aliphatic heterocycles. The Morgan fingerprint density at radius 2 is 0.944 bits per heavy atom. The fourth-order valence-electron chi connectivity index (χ4n) is 2.94. The lowest BCUT2D eigenvalue weighted by Gasteiger charge is -2.52. The lowest BCUT2D eigenvalue weighted by molar-refractivity contribution is -0.158. The fourth-order valence-corrected chi connectivity index (χ4v) is 2.94. The summed E-state index contributed by atoms with van der Waals surface area (Å²) in [7, 11) is 0. The van der Waals surface area contributed by atoms with Gasteiger partial charge in [-0.05, 0) is 53.4 Å². The van der Waals surface area contributed by atoms with Gasteiger partial charge in [-0.1, -0.05) is 27.7 Å². The summed E-state index contributed by atoms with van der Waals surface area (Å²) in [4.78, 5) is 0. The van der Waals surface area contributed by atoms with Crippen molar-refractivity contribution >= 4 is 0 Å². The molecule has 2 heteroatoms. The van der Waals surface area contributed by atoms with Crippen LogP contribution in [0.25, 0.3) is 0 Å². The molecular formula is C16H36N2. The van der Waals surface area contributed by atoms with Crippen LogP contribution >= 0.6 is 0 Å². The highest BCUT2D eigenvalue weighted by Gasteiger charge is 2.36. The molecule has 0 aliphatic carbocycles. The minimum Gasteiger partial charge on any atom is -0.240 e. The van der Waals surface area contributed by atoms with Gasteiger partial charge in [-0.15, -0.1) is 0 Å². The molecule has 0 aromatic rings. The minimum atomic E-state index is 0.155. The normalized spacial score (nSPS) is 14.3. The molecule has 110 valence electrons. The molecule has 0 bridgehead atoms. The number of hydrazine groups is 1. The molecule has 0 radical (unpaired) electrons. The van der Waals surface area contributed by atoms with Crippen molar-refractivity contribution < 1.29 is 0 Å². The van der Waals surface area contributed by atoms with Crippen molar-refractivity contribution in [2.75, 3.05) is 13.1 Å². The fraction of sp³-hybridized carbons (Fsp3) is 1.00. The Morgan fingerprint density at radius 1 is 0.667 bits per heavy atom. The summed E-state index contributed by atoms with van der Waals surface area (Å²) in [6, 6.07) is 0. The van der Waals surface area contributed by atoms with E-state index in [4.69, 9.17) is 0 Å². The van der Waals surface area contributed by atoms with Crippen LogP contribution in [0.1, 0.15) is 69.2 Å². The van der Waals surface area contributed by atoms with Crippen molar-refractivity contribution in [3.63, 3.8) is 0 Å². The predicted molar refractivity (Wildman–Crippen MR) is 82.6 cm³/mol. The largest absolute Gasteiger partial charge is 0.240 e. The molecule has 0 atom stereocenters. The summed E-state index contributed by atoms with van der Waals surface area (Å²) >= 11 is 0. The van der Waals surface area contributed by atoms with Crippen molar-refractivity contribution in [1.29, 1.82) is 0 Å². The molecule has 0 spiro atoms. The molecule has 2 nitrogen and oxygen atoms in total. The summed E-state index contributed by atoms with van der Waals surface area (Å²) in [6.07, 6.45) is 0. The molecule has 0 unspecified atom stereocenters. The van der Waals surface area contributed by atoms with Crippen LogP contribution < -0.4 is 0 Å². The van der Waals surface area contributed by atoms with Gasteiger partial charge in [-0.3, -0.25) is 0 Å². The Hall–Kier alpha value is -0.0800. The van der Waals surface area contributed by atoms with Crippen molar-refractivity contribution in [2.24, 2.45) is 11.8 Å². The van der Waals surface area contributed by atoms with Gasteiger partial charge in [0.25, 0.3) is 0 Å². The van der Waals surface area contributed by atoms with Gasteiger partial charge >= 0.3 is 0 Å². The molecule has 0 aliphatic rings. The zero-order valence-corrected chi connectivity index (χ0v) is 14.5.